The summed E-state index contributed by atoms with van der Waals surface area (Å²) in [6.07, 6.45) is 0.0869. The predicted molar refractivity (Wildman–Crippen MR) is 97.3 cm³/mol. The van der Waals surface area contributed by atoms with Crippen molar-refractivity contribution in [2.75, 3.05) is 19.8 Å². The van der Waals surface area contributed by atoms with E-state index in [2.05, 4.69) is 11.4 Å². The number of aliphatic hydroxyl groups excluding tert-OH is 3. The molecule has 0 aromatic heterocycles. The Hall–Kier alpha value is -2.47. The molecule has 25 heavy (non-hydrogen) atoms. The summed E-state index contributed by atoms with van der Waals surface area (Å²) >= 11 is 0. The first-order valence-corrected chi connectivity index (χ1v) is 8.15. The maximum Gasteiger partial charge on any atom is 0.225 e. The van der Waals surface area contributed by atoms with Gasteiger partial charge in [-0.3, -0.25) is 4.79 Å². The average Bonchev–Trinajstić information content (AvgIpc) is 2.66. The van der Waals surface area contributed by atoms with Crippen LogP contribution in [0.25, 0.3) is 21.5 Å². The van der Waals surface area contributed by atoms with E-state index in [1.165, 1.54) is 0 Å². The van der Waals surface area contributed by atoms with Crippen LogP contribution in [0, 0.1) is 0 Å². The van der Waals surface area contributed by atoms with Crippen molar-refractivity contribution in [1.82, 2.24) is 5.32 Å². The SMILES string of the molecule is O=C(Cc1c2ccccc2cc2ccccc12)NC(CO)(CO)CO. The molecule has 0 atom stereocenters. The Morgan fingerprint density at radius 2 is 1.32 bits per heavy atom. The van der Waals surface area contributed by atoms with E-state index < -0.39 is 25.4 Å². The second-order valence-corrected chi connectivity index (χ2v) is 6.28. The van der Waals surface area contributed by atoms with Crippen molar-refractivity contribution >= 4 is 27.5 Å². The van der Waals surface area contributed by atoms with Crippen molar-refractivity contribution in [1.29, 1.82) is 0 Å². The van der Waals surface area contributed by atoms with E-state index in [-0.39, 0.29) is 12.3 Å². The van der Waals surface area contributed by atoms with Gasteiger partial charge < -0.3 is 20.6 Å². The van der Waals surface area contributed by atoms with Gasteiger partial charge in [-0.1, -0.05) is 48.5 Å². The molecule has 1 amide bonds. The summed E-state index contributed by atoms with van der Waals surface area (Å²) in [7, 11) is 0. The third-order valence-electron chi connectivity index (χ3n) is 4.53. The number of carbonyl (C=O) groups excluding carboxylic acids is 1. The van der Waals surface area contributed by atoms with Crippen LogP contribution in [0.5, 0.6) is 0 Å². The van der Waals surface area contributed by atoms with Gasteiger partial charge in [-0.25, -0.2) is 0 Å². The lowest BCUT2D eigenvalue weighted by atomic mass is 9.94. The molecule has 0 saturated heterocycles. The topological polar surface area (TPSA) is 89.8 Å². The van der Waals surface area contributed by atoms with Gasteiger partial charge in [0.15, 0.2) is 0 Å². The van der Waals surface area contributed by atoms with Crippen molar-refractivity contribution in [3.8, 4) is 0 Å². The van der Waals surface area contributed by atoms with Crippen LogP contribution < -0.4 is 5.32 Å². The Labute approximate surface area is 145 Å². The first kappa shape index (κ1) is 17.4. The quantitative estimate of drug-likeness (QED) is 0.511. The first-order chi connectivity index (χ1) is 12.1. The summed E-state index contributed by atoms with van der Waals surface area (Å²) in [4.78, 5) is 12.5. The highest BCUT2D eigenvalue weighted by atomic mass is 16.3. The Bertz CT molecular complexity index is 840. The van der Waals surface area contributed by atoms with E-state index in [4.69, 9.17) is 0 Å². The third kappa shape index (κ3) is 3.35. The number of nitrogens with one attached hydrogen (secondary N) is 1. The van der Waals surface area contributed by atoms with Crippen molar-refractivity contribution in [3.63, 3.8) is 0 Å². The van der Waals surface area contributed by atoms with Gasteiger partial charge in [0.1, 0.15) is 5.54 Å². The number of rotatable bonds is 6. The molecule has 3 rings (SSSR count). The molecule has 0 aliphatic carbocycles. The molecule has 5 nitrogen and oxygen atoms in total. The first-order valence-electron chi connectivity index (χ1n) is 8.15. The molecule has 0 spiro atoms. The minimum absolute atomic E-state index is 0.0869. The van der Waals surface area contributed by atoms with Crippen LogP contribution in [0.1, 0.15) is 5.56 Å². The summed E-state index contributed by atoms with van der Waals surface area (Å²) in [6.45, 7) is -1.62. The van der Waals surface area contributed by atoms with Crippen LogP contribution in [-0.4, -0.2) is 46.6 Å². The number of benzene rings is 3. The Balaban J connectivity index is 2.03. The van der Waals surface area contributed by atoms with E-state index in [0.29, 0.717) is 0 Å². The largest absolute Gasteiger partial charge is 0.394 e. The number of aliphatic hydroxyl groups is 3. The fourth-order valence-electron chi connectivity index (χ4n) is 3.07. The van der Waals surface area contributed by atoms with Crippen molar-refractivity contribution < 1.29 is 20.1 Å². The normalized spacial score (nSPS) is 11.8. The lowest BCUT2D eigenvalue weighted by Crippen LogP contribution is -2.57. The molecule has 0 radical (unpaired) electrons. The van der Waals surface area contributed by atoms with E-state index in [1.807, 2.05) is 48.5 Å². The minimum Gasteiger partial charge on any atom is -0.394 e. The number of fused-ring (bicyclic) bond motifs is 2. The lowest BCUT2D eigenvalue weighted by molar-refractivity contribution is -0.124. The fourth-order valence-corrected chi connectivity index (χ4v) is 3.07. The number of carbonyl (C=O) groups is 1. The second kappa shape index (κ2) is 7.19. The molecule has 0 heterocycles. The summed E-state index contributed by atoms with van der Waals surface area (Å²) < 4.78 is 0. The zero-order valence-corrected chi connectivity index (χ0v) is 13.8. The van der Waals surface area contributed by atoms with Crippen LogP contribution in [0.3, 0.4) is 0 Å². The van der Waals surface area contributed by atoms with Crippen LogP contribution >= 0.6 is 0 Å². The molecule has 0 fully saturated rings. The second-order valence-electron chi connectivity index (χ2n) is 6.28. The van der Waals surface area contributed by atoms with E-state index in [9.17, 15) is 20.1 Å². The Morgan fingerprint density at radius 3 is 1.80 bits per heavy atom. The standard InChI is InChI=1S/C20H21NO4/c22-11-20(12-23,13-24)21-19(25)10-18-16-7-3-1-5-14(16)9-15-6-2-4-8-17(15)18/h1-9,22-24H,10-13H2,(H,21,25). The molecule has 4 N–H and O–H groups in total. The highest BCUT2D eigenvalue weighted by Crippen LogP contribution is 2.29. The smallest absolute Gasteiger partial charge is 0.225 e. The molecule has 5 heteroatoms. The highest BCUT2D eigenvalue weighted by Gasteiger charge is 2.30. The molecule has 3 aromatic carbocycles. The third-order valence-corrected chi connectivity index (χ3v) is 4.53. The minimum atomic E-state index is -1.42. The van der Waals surface area contributed by atoms with Gasteiger partial charge in [0.05, 0.1) is 26.2 Å². The Kier molecular flexibility index (Phi) is 4.99. The lowest BCUT2D eigenvalue weighted by Gasteiger charge is -2.28. The van der Waals surface area contributed by atoms with E-state index >= 15 is 0 Å². The highest BCUT2D eigenvalue weighted by molar-refractivity contribution is 6.04. The molecule has 0 aliphatic heterocycles. The van der Waals surface area contributed by atoms with Crippen molar-refractivity contribution in [3.05, 3.63) is 60.2 Å². The summed E-state index contributed by atoms with van der Waals surface area (Å²) in [5.41, 5.74) is -0.536. The predicted octanol–water partition coefficient (Wildman–Crippen LogP) is 1.37. The number of amides is 1. The summed E-state index contributed by atoms with van der Waals surface area (Å²) in [6, 6.07) is 17.8. The molecule has 3 aromatic rings. The average molecular weight is 339 g/mol. The zero-order valence-electron chi connectivity index (χ0n) is 13.8. The van der Waals surface area contributed by atoms with Gasteiger partial charge in [-0.2, -0.15) is 0 Å². The van der Waals surface area contributed by atoms with Gasteiger partial charge in [-0.05, 0) is 33.2 Å². The zero-order chi connectivity index (χ0) is 17.9. The molecule has 0 bridgehead atoms. The van der Waals surface area contributed by atoms with E-state index in [1.54, 1.807) is 0 Å². The van der Waals surface area contributed by atoms with Gasteiger partial charge in [0, 0.05) is 0 Å². The molecule has 130 valence electrons. The van der Waals surface area contributed by atoms with Gasteiger partial charge in [-0.15, -0.1) is 0 Å². The molecule has 0 unspecified atom stereocenters. The molecule has 0 saturated carbocycles. The maximum atomic E-state index is 12.5. The molecule has 0 aliphatic rings. The van der Waals surface area contributed by atoms with Crippen molar-refractivity contribution in [2.24, 2.45) is 0 Å². The monoisotopic (exact) mass is 339 g/mol. The Morgan fingerprint density at radius 1 is 0.840 bits per heavy atom. The number of hydrogen-bond donors (Lipinski definition) is 4. The van der Waals surface area contributed by atoms with E-state index in [0.717, 1.165) is 27.1 Å². The van der Waals surface area contributed by atoms with Crippen LogP contribution in [-0.2, 0) is 11.2 Å². The van der Waals surface area contributed by atoms with Gasteiger partial charge in [0.2, 0.25) is 5.91 Å². The van der Waals surface area contributed by atoms with Gasteiger partial charge >= 0.3 is 0 Å². The maximum absolute atomic E-state index is 12.5. The van der Waals surface area contributed by atoms with Crippen LogP contribution in [0.15, 0.2) is 54.6 Å². The number of hydrogen-bond acceptors (Lipinski definition) is 4. The van der Waals surface area contributed by atoms with Gasteiger partial charge in [0.25, 0.3) is 0 Å². The summed E-state index contributed by atoms with van der Waals surface area (Å²) in [5, 5.41) is 34.8. The summed E-state index contributed by atoms with van der Waals surface area (Å²) in [5.74, 6) is -0.362. The van der Waals surface area contributed by atoms with Crippen LogP contribution in [0.2, 0.25) is 0 Å². The molecular weight excluding hydrogens is 318 g/mol. The van der Waals surface area contributed by atoms with Crippen LogP contribution in [0.4, 0.5) is 0 Å². The van der Waals surface area contributed by atoms with Crippen molar-refractivity contribution in [2.45, 2.75) is 12.0 Å². The molecular formula is C20H21NO4. The fraction of sp³-hybridized carbons (Fsp3) is 0.250.